The van der Waals surface area contributed by atoms with Gasteiger partial charge in [0.1, 0.15) is 0 Å². The summed E-state index contributed by atoms with van der Waals surface area (Å²) >= 11 is 0. The molecule has 0 unspecified atom stereocenters. The quantitative estimate of drug-likeness (QED) is 0.307. The van der Waals surface area contributed by atoms with E-state index in [1.807, 2.05) is 0 Å². The molecular formula is C26H43P. The van der Waals surface area contributed by atoms with Crippen molar-refractivity contribution in [2.24, 2.45) is 35.5 Å². The highest BCUT2D eigenvalue weighted by Crippen LogP contribution is 2.78. The van der Waals surface area contributed by atoms with Crippen molar-refractivity contribution in [1.29, 1.82) is 0 Å². The van der Waals surface area contributed by atoms with Crippen molar-refractivity contribution in [3.05, 3.63) is 0 Å². The Morgan fingerprint density at radius 1 is 0.556 bits per heavy atom. The minimum Gasteiger partial charge on any atom is -0.0939 e. The van der Waals surface area contributed by atoms with Gasteiger partial charge >= 0.3 is 0 Å². The van der Waals surface area contributed by atoms with Crippen molar-refractivity contribution >= 4 is 7.92 Å². The van der Waals surface area contributed by atoms with E-state index in [1.165, 1.54) is 19.3 Å². The molecule has 0 aromatic carbocycles. The summed E-state index contributed by atoms with van der Waals surface area (Å²) in [7, 11) is 0.275. The fraction of sp³-hybridized carbons (Fsp3) is 1.00. The normalized spacial score (nSPS) is 53.2. The SMILES string of the molecule is CCCCCCP(C12CC3CC(CC(C3)C1)C2)C12CC3CC(CC(C3)C1)C2. The minimum atomic E-state index is 0.275. The van der Waals surface area contributed by atoms with Crippen LogP contribution >= 0.6 is 7.92 Å². The number of unbranched alkanes of at least 4 members (excludes halogenated alkanes) is 3. The lowest BCUT2D eigenvalue weighted by Gasteiger charge is -2.67. The van der Waals surface area contributed by atoms with Gasteiger partial charge in [0.05, 0.1) is 0 Å². The molecule has 1 heteroatoms. The average molecular weight is 387 g/mol. The lowest BCUT2D eigenvalue weighted by atomic mass is 9.55. The Kier molecular flexibility index (Phi) is 4.53. The molecule has 0 radical (unpaired) electrons. The van der Waals surface area contributed by atoms with E-state index in [2.05, 4.69) is 6.92 Å². The van der Waals surface area contributed by atoms with Crippen LogP contribution in [0.2, 0.25) is 0 Å². The molecule has 0 nitrogen and oxygen atoms in total. The van der Waals surface area contributed by atoms with Gasteiger partial charge in [-0.25, -0.2) is 0 Å². The van der Waals surface area contributed by atoms with Crippen LogP contribution < -0.4 is 0 Å². The fourth-order valence-corrected chi connectivity index (χ4v) is 15.8. The summed E-state index contributed by atoms with van der Waals surface area (Å²) in [4.78, 5) is 0. The maximum atomic E-state index is 2.39. The van der Waals surface area contributed by atoms with Gasteiger partial charge in [0, 0.05) is 0 Å². The van der Waals surface area contributed by atoms with Crippen molar-refractivity contribution in [1.82, 2.24) is 0 Å². The molecule has 8 aliphatic carbocycles. The summed E-state index contributed by atoms with van der Waals surface area (Å²) in [5.41, 5.74) is 0. The third kappa shape index (κ3) is 3.01. The average Bonchev–Trinajstić information content (AvgIpc) is 2.59. The maximum absolute atomic E-state index is 2.39. The maximum Gasteiger partial charge on any atom is -0.00815 e. The van der Waals surface area contributed by atoms with Crippen LogP contribution in [-0.2, 0) is 0 Å². The van der Waals surface area contributed by atoms with E-state index in [1.54, 1.807) is 89.6 Å². The highest BCUT2D eigenvalue weighted by Gasteiger charge is 2.62. The molecule has 0 N–H and O–H groups in total. The highest BCUT2D eigenvalue weighted by molar-refractivity contribution is 7.61. The number of rotatable bonds is 7. The molecule has 0 heterocycles. The molecule has 0 aromatic heterocycles. The van der Waals surface area contributed by atoms with Crippen LogP contribution in [0, 0.1) is 35.5 Å². The molecule has 8 saturated carbocycles. The van der Waals surface area contributed by atoms with Gasteiger partial charge in [0.2, 0.25) is 0 Å². The van der Waals surface area contributed by atoms with Crippen LogP contribution in [0.4, 0.5) is 0 Å². The van der Waals surface area contributed by atoms with Crippen LogP contribution in [-0.4, -0.2) is 16.5 Å². The predicted molar refractivity (Wildman–Crippen MR) is 118 cm³/mol. The largest absolute Gasteiger partial charge is 0.0939 e. The zero-order valence-corrected chi connectivity index (χ0v) is 18.8. The molecule has 0 saturated heterocycles. The smallest absolute Gasteiger partial charge is 0.00815 e. The molecular weight excluding hydrogens is 343 g/mol. The minimum absolute atomic E-state index is 0.275. The summed E-state index contributed by atoms with van der Waals surface area (Å²) in [5.74, 6) is 6.95. The van der Waals surface area contributed by atoms with Crippen molar-refractivity contribution < 1.29 is 0 Å². The van der Waals surface area contributed by atoms with E-state index in [4.69, 9.17) is 0 Å². The van der Waals surface area contributed by atoms with Gasteiger partial charge in [-0.1, -0.05) is 34.1 Å². The van der Waals surface area contributed by atoms with Crippen molar-refractivity contribution in [2.45, 2.75) is 120 Å². The van der Waals surface area contributed by atoms with Crippen molar-refractivity contribution in [3.8, 4) is 0 Å². The zero-order chi connectivity index (χ0) is 18.1. The first kappa shape index (κ1) is 18.2. The van der Waals surface area contributed by atoms with Gasteiger partial charge in [-0.2, -0.15) is 0 Å². The summed E-state index contributed by atoms with van der Waals surface area (Å²) in [5, 5.41) is 1.75. The Morgan fingerprint density at radius 3 is 1.26 bits per heavy atom. The van der Waals surface area contributed by atoms with E-state index >= 15 is 0 Å². The van der Waals surface area contributed by atoms with E-state index < -0.39 is 0 Å². The van der Waals surface area contributed by atoms with Gasteiger partial charge in [-0.3, -0.25) is 0 Å². The first-order chi connectivity index (χ1) is 13.2. The molecule has 0 aromatic rings. The molecule has 0 amide bonds. The lowest BCUT2D eigenvalue weighted by molar-refractivity contribution is 0.0185. The Labute approximate surface area is 169 Å². The second-order valence-corrected chi connectivity index (χ2v) is 15.7. The number of hydrogen-bond donors (Lipinski definition) is 0. The molecule has 27 heavy (non-hydrogen) atoms. The second-order valence-electron chi connectivity index (χ2n) is 12.5. The van der Waals surface area contributed by atoms with Gasteiger partial charge < -0.3 is 0 Å². The Balaban J connectivity index is 1.31. The third-order valence-electron chi connectivity index (χ3n) is 10.4. The highest BCUT2D eigenvalue weighted by atomic mass is 31.1. The summed E-state index contributed by atoms with van der Waals surface area (Å²) in [6, 6.07) is 0. The van der Waals surface area contributed by atoms with Crippen LogP contribution in [0.5, 0.6) is 0 Å². The molecule has 0 spiro atoms. The molecule has 8 aliphatic rings. The molecule has 8 bridgehead atoms. The molecule has 0 aliphatic heterocycles. The molecule has 8 rings (SSSR count). The summed E-state index contributed by atoms with van der Waals surface area (Å²) in [6.07, 6.45) is 27.7. The molecule has 152 valence electrons. The first-order valence-corrected chi connectivity index (χ1v) is 14.5. The first-order valence-electron chi connectivity index (χ1n) is 12.9. The van der Waals surface area contributed by atoms with Crippen LogP contribution in [0.25, 0.3) is 0 Å². The van der Waals surface area contributed by atoms with Gasteiger partial charge in [-0.15, -0.1) is 0 Å². The van der Waals surface area contributed by atoms with Gasteiger partial charge in [0.15, 0.2) is 0 Å². The van der Waals surface area contributed by atoms with Gasteiger partial charge in [0.25, 0.3) is 0 Å². The van der Waals surface area contributed by atoms with E-state index in [0.717, 1.165) is 45.8 Å². The van der Waals surface area contributed by atoms with E-state index in [9.17, 15) is 0 Å². The van der Waals surface area contributed by atoms with E-state index in [0.29, 0.717) is 0 Å². The van der Waals surface area contributed by atoms with Crippen molar-refractivity contribution in [3.63, 3.8) is 0 Å². The van der Waals surface area contributed by atoms with Crippen LogP contribution in [0.15, 0.2) is 0 Å². The predicted octanol–water partition coefficient (Wildman–Crippen LogP) is 7.99. The second kappa shape index (κ2) is 6.72. The standard InChI is InChI=1S/C26H43P/c1-2-3-4-5-6-27(25-13-19-7-20(14-25)9-21(8-19)15-25)26-16-22-10-23(17-26)12-24(11-22)18-26/h19-24H,2-18H2,1H3. The molecule has 0 atom stereocenters. The van der Waals surface area contributed by atoms with Gasteiger partial charge in [-0.05, 0) is 135 Å². The van der Waals surface area contributed by atoms with Crippen LogP contribution in [0.1, 0.15) is 110 Å². The topological polar surface area (TPSA) is 0 Å². The Hall–Kier alpha value is 0.430. The lowest BCUT2D eigenvalue weighted by Crippen LogP contribution is -2.56. The zero-order valence-electron chi connectivity index (χ0n) is 17.9. The summed E-state index contributed by atoms with van der Waals surface area (Å²) < 4.78 is 0. The monoisotopic (exact) mass is 386 g/mol. The number of hydrogen-bond acceptors (Lipinski definition) is 0. The Morgan fingerprint density at radius 2 is 0.926 bits per heavy atom. The fourth-order valence-electron chi connectivity index (χ4n) is 10.5. The summed E-state index contributed by atoms with van der Waals surface area (Å²) in [6.45, 7) is 2.39. The van der Waals surface area contributed by atoms with E-state index in [-0.39, 0.29) is 7.92 Å². The van der Waals surface area contributed by atoms with Crippen LogP contribution in [0.3, 0.4) is 0 Å². The Bertz CT molecular complexity index is 448. The van der Waals surface area contributed by atoms with Crippen molar-refractivity contribution in [2.75, 3.05) is 6.16 Å². The third-order valence-corrected chi connectivity index (χ3v) is 14.5. The molecule has 8 fully saturated rings.